The molecule has 0 fully saturated rings. The molecule has 3 N–H and O–H groups in total. The molecule has 0 aliphatic rings. The lowest BCUT2D eigenvalue weighted by molar-refractivity contribution is 0.0505. The van der Waals surface area contributed by atoms with Gasteiger partial charge in [0.1, 0.15) is 11.4 Å². The average molecular weight is 416 g/mol. The minimum atomic E-state index is -0.724. The third-order valence-electron chi connectivity index (χ3n) is 4.42. The summed E-state index contributed by atoms with van der Waals surface area (Å²) in [6, 6.07) is 6.44. The van der Waals surface area contributed by atoms with E-state index in [-0.39, 0.29) is 23.8 Å². The molecule has 1 heterocycles. The molecule has 9 heteroatoms. The number of hydrogen-bond donors (Lipinski definition) is 2. The first-order chi connectivity index (χ1) is 14.2. The van der Waals surface area contributed by atoms with Crippen molar-refractivity contribution in [2.75, 3.05) is 24.2 Å². The van der Waals surface area contributed by atoms with Crippen molar-refractivity contribution in [1.82, 2.24) is 9.13 Å². The molecule has 2 rings (SSSR count). The summed E-state index contributed by atoms with van der Waals surface area (Å²) in [6.07, 6.45) is 0.737. The van der Waals surface area contributed by atoms with Crippen LogP contribution in [0.5, 0.6) is 0 Å². The molecule has 0 spiro atoms. The van der Waals surface area contributed by atoms with Crippen molar-refractivity contribution in [3.05, 3.63) is 56.2 Å². The van der Waals surface area contributed by atoms with E-state index in [4.69, 9.17) is 10.5 Å². The zero-order valence-electron chi connectivity index (χ0n) is 17.7. The van der Waals surface area contributed by atoms with Gasteiger partial charge in [-0.3, -0.25) is 18.7 Å². The molecule has 30 heavy (non-hydrogen) atoms. The number of esters is 1. The number of benzene rings is 1. The molecule has 0 aliphatic carbocycles. The largest absolute Gasteiger partial charge is 0.462 e. The molecule has 2 aromatic rings. The van der Waals surface area contributed by atoms with E-state index in [2.05, 4.69) is 5.32 Å². The molecule has 0 atom stereocenters. The molecular formula is C21H28N4O5. The van der Waals surface area contributed by atoms with Gasteiger partial charge in [0.2, 0.25) is 0 Å². The van der Waals surface area contributed by atoms with Crippen molar-refractivity contribution in [2.45, 2.75) is 33.7 Å². The van der Waals surface area contributed by atoms with Crippen LogP contribution in [0.1, 0.15) is 47.9 Å². The van der Waals surface area contributed by atoms with Gasteiger partial charge in [-0.2, -0.15) is 0 Å². The number of rotatable bonds is 9. The molecule has 0 radical (unpaired) electrons. The lowest BCUT2D eigenvalue weighted by atomic mass is 10.1. The highest BCUT2D eigenvalue weighted by Crippen LogP contribution is 2.12. The van der Waals surface area contributed by atoms with Gasteiger partial charge in [-0.15, -0.1) is 0 Å². The maximum atomic E-state index is 12.7. The van der Waals surface area contributed by atoms with Gasteiger partial charge in [0.05, 0.1) is 18.7 Å². The maximum Gasteiger partial charge on any atom is 0.338 e. The van der Waals surface area contributed by atoms with Crippen LogP contribution in [-0.4, -0.2) is 34.0 Å². The Morgan fingerprint density at radius 2 is 1.80 bits per heavy atom. The Balaban J connectivity index is 2.19. The Hall–Kier alpha value is -3.36. The van der Waals surface area contributed by atoms with Crippen LogP contribution >= 0.6 is 0 Å². The first-order valence-corrected chi connectivity index (χ1v) is 9.80. The quantitative estimate of drug-likeness (QED) is 0.470. The third-order valence-corrected chi connectivity index (χ3v) is 4.42. The van der Waals surface area contributed by atoms with Gasteiger partial charge in [0, 0.05) is 19.3 Å². The van der Waals surface area contributed by atoms with Gasteiger partial charge < -0.3 is 15.8 Å². The molecule has 0 saturated heterocycles. The number of nitrogens with one attached hydrogen (secondary N) is 1. The second-order valence-electron chi connectivity index (χ2n) is 7.40. The van der Waals surface area contributed by atoms with Crippen LogP contribution in [0, 0.1) is 5.92 Å². The highest BCUT2D eigenvalue weighted by molar-refractivity contribution is 6.02. The number of ketones is 1. The Morgan fingerprint density at radius 3 is 2.37 bits per heavy atom. The van der Waals surface area contributed by atoms with Crippen molar-refractivity contribution < 1.29 is 14.3 Å². The first-order valence-electron chi connectivity index (χ1n) is 9.80. The monoisotopic (exact) mass is 416 g/mol. The topological polar surface area (TPSA) is 125 Å². The van der Waals surface area contributed by atoms with Crippen LogP contribution in [0.3, 0.4) is 0 Å². The lowest BCUT2D eigenvalue weighted by Crippen LogP contribution is -2.43. The highest BCUT2D eigenvalue weighted by atomic mass is 16.5. The minimum absolute atomic E-state index is 0.103. The summed E-state index contributed by atoms with van der Waals surface area (Å²) in [7, 11) is 1.32. The number of Topliss-reactive ketones (excluding diaryl/α,β-unsaturated/α-hetero) is 1. The van der Waals surface area contributed by atoms with Gasteiger partial charge in [-0.05, 0) is 36.6 Å². The number of carbonyl (C=O) groups excluding carboxylic acids is 2. The van der Waals surface area contributed by atoms with E-state index in [0.29, 0.717) is 24.4 Å². The van der Waals surface area contributed by atoms with Gasteiger partial charge in [-0.1, -0.05) is 20.8 Å². The highest BCUT2D eigenvalue weighted by Gasteiger charge is 2.21. The van der Waals surface area contributed by atoms with Crippen LogP contribution in [-0.2, 0) is 18.3 Å². The van der Waals surface area contributed by atoms with Gasteiger partial charge >= 0.3 is 11.7 Å². The Kier molecular flexibility index (Phi) is 7.57. The standard InChI is InChI=1S/C21H28N4O5/c1-5-10-30-20(28)14-6-8-15(9-7-14)23-11-16(26)17-18(22)25(12-13(2)3)21(29)24(4)19(17)27/h6-9,13,23H,5,10-12,22H2,1-4H3. The van der Waals surface area contributed by atoms with E-state index in [1.807, 2.05) is 20.8 Å². The van der Waals surface area contributed by atoms with Gasteiger partial charge in [0.15, 0.2) is 5.78 Å². The second kappa shape index (κ2) is 9.91. The predicted molar refractivity (Wildman–Crippen MR) is 115 cm³/mol. The molecule has 1 aromatic carbocycles. The average Bonchev–Trinajstić information content (AvgIpc) is 2.72. The molecule has 0 aliphatic heterocycles. The summed E-state index contributed by atoms with van der Waals surface area (Å²) in [5.41, 5.74) is 5.51. The fraction of sp³-hybridized carbons (Fsp3) is 0.429. The number of nitrogens with zero attached hydrogens (tertiary/aromatic N) is 2. The lowest BCUT2D eigenvalue weighted by Gasteiger charge is -2.16. The van der Waals surface area contributed by atoms with Gasteiger partial charge in [-0.25, -0.2) is 9.59 Å². The molecule has 162 valence electrons. The molecular weight excluding hydrogens is 388 g/mol. The summed E-state index contributed by atoms with van der Waals surface area (Å²) in [5.74, 6) is -0.969. The zero-order chi connectivity index (χ0) is 22.4. The number of carbonyl (C=O) groups is 2. The van der Waals surface area contributed by atoms with Crippen molar-refractivity contribution >= 4 is 23.3 Å². The summed E-state index contributed by atoms with van der Waals surface area (Å²) >= 11 is 0. The molecule has 9 nitrogen and oxygen atoms in total. The molecule has 0 amide bonds. The number of nitrogens with two attached hydrogens (primary N) is 1. The van der Waals surface area contributed by atoms with Gasteiger partial charge in [0.25, 0.3) is 5.56 Å². The number of nitrogen functional groups attached to an aromatic ring is 1. The number of ether oxygens (including phenoxy) is 1. The van der Waals surface area contributed by atoms with E-state index < -0.39 is 23.0 Å². The maximum absolute atomic E-state index is 12.7. The van der Waals surface area contributed by atoms with E-state index in [1.54, 1.807) is 24.3 Å². The summed E-state index contributed by atoms with van der Waals surface area (Å²) in [5, 5.41) is 2.91. The van der Waals surface area contributed by atoms with Crippen molar-refractivity contribution in [3.8, 4) is 0 Å². The Bertz CT molecular complexity index is 1040. The number of anilines is 2. The molecule has 0 bridgehead atoms. The Labute approximate surface area is 174 Å². The summed E-state index contributed by atoms with van der Waals surface area (Å²) in [6.45, 7) is 6.17. The Morgan fingerprint density at radius 1 is 1.17 bits per heavy atom. The smallest absolute Gasteiger partial charge is 0.338 e. The van der Waals surface area contributed by atoms with E-state index in [1.165, 1.54) is 11.6 Å². The van der Waals surface area contributed by atoms with Crippen LogP contribution in [0.4, 0.5) is 11.5 Å². The van der Waals surface area contributed by atoms with Crippen molar-refractivity contribution in [2.24, 2.45) is 13.0 Å². The van der Waals surface area contributed by atoms with E-state index in [9.17, 15) is 19.2 Å². The number of hydrogen-bond acceptors (Lipinski definition) is 7. The minimum Gasteiger partial charge on any atom is -0.462 e. The summed E-state index contributed by atoms with van der Waals surface area (Å²) in [4.78, 5) is 49.4. The van der Waals surface area contributed by atoms with E-state index >= 15 is 0 Å². The van der Waals surface area contributed by atoms with Crippen LogP contribution < -0.4 is 22.3 Å². The third kappa shape index (κ3) is 5.16. The normalized spacial score (nSPS) is 10.8. The van der Waals surface area contributed by atoms with Crippen molar-refractivity contribution in [1.29, 1.82) is 0 Å². The predicted octanol–water partition coefficient (Wildman–Crippen LogP) is 1.65. The zero-order valence-corrected chi connectivity index (χ0v) is 17.7. The first kappa shape index (κ1) is 22.9. The molecule has 0 saturated carbocycles. The number of aromatic nitrogens is 2. The molecule has 1 aromatic heterocycles. The van der Waals surface area contributed by atoms with Crippen LogP contribution in [0.2, 0.25) is 0 Å². The van der Waals surface area contributed by atoms with Crippen molar-refractivity contribution in [3.63, 3.8) is 0 Å². The van der Waals surface area contributed by atoms with E-state index in [0.717, 1.165) is 11.0 Å². The van der Waals surface area contributed by atoms with Crippen LogP contribution in [0.15, 0.2) is 33.9 Å². The fourth-order valence-electron chi connectivity index (χ4n) is 2.86. The van der Waals surface area contributed by atoms with Crippen LogP contribution in [0.25, 0.3) is 0 Å². The molecule has 0 unspecified atom stereocenters. The fourth-order valence-corrected chi connectivity index (χ4v) is 2.86. The summed E-state index contributed by atoms with van der Waals surface area (Å²) < 4.78 is 7.20. The second-order valence-corrected chi connectivity index (χ2v) is 7.40. The SMILES string of the molecule is CCCOC(=O)c1ccc(NCC(=O)c2c(N)n(CC(C)C)c(=O)n(C)c2=O)cc1.